The fourth-order valence-electron chi connectivity index (χ4n) is 8.08. The number of alkyl halides is 1. The molecule has 4 rings (SSSR count). The molecule has 0 aromatic carbocycles. The Morgan fingerprint density at radius 3 is 2.41 bits per heavy atom. The van der Waals surface area contributed by atoms with Crippen molar-refractivity contribution in [1.29, 1.82) is 0 Å². The molecular weight excluding hydrogens is 271 g/mol. The van der Waals surface area contributed by atoms with Gasteiger partial charge in [0.2, 0.25) is 0 Å². The van der Waals surface area contributed by atoms with Gasteiger partial charge in [-0.2, -0.15) is 0 Å². The van der Waals surface area contributed by atoms with Gasteiger partial charge in [-0.1, -0.05) is 40.0 Å². The molecule has 0 N–H and O–H groups in total. The summed E-state index contributed by atoms with van der Waals surface area (Å²) in [5.74, 6) is 3.65. The first-order chi connectivity index (χ1) is 10.5. The van der Waals surface area contributed by atoms with E-state index in [2.05, 4.69) is 20.8 Å². The normalized spacial score (nSPS) is 57.8. The van der Waals surface area contributed by atoms with Crippen LogP contribution < -0.4 is 0 Å². The monoisotopic (exact) mass is 306 g/mol. The van der Waals surface area contributed by atoms with Crippen LogP contribution in [0, 0.1) is 40.4 Å². The fourth-order valence-corrected chi connectivity index (χ4v) is 8.08. The molecule has 1 unspecified atom stereocenters. The topological polar surface area (TPSA) is 0 Å². The fraction of sp³-hybridized carbons (Fsp3) is 1.00. The van der Waals surface area contributed by atoms with Crippen LogP contribution in [0.25, 0.3) is 0 Å². The minimum Gasteiger partial charge on any atom is -0.247 e. The molecule has 0 nitrogen and oxygen atoms in total. The third-order valence-corrected chi connectivity index (χ3v) is 9.23. The predicted octanol–water partition coefficient (Wildman–Crippen LogP) is 6.39. The summed E-state index contributed by atoms with van der Waals surface area (Å²) in [6.07, 6.45) is 12.5. The molecule has 4 fully saturated rings. The third kappa shape index (κ3) is 1.92. The SMILES string of the molecule is CC[C@H]1CC[C@H]2[C@@H]3C[C@@H](F)C4CCCC[C@]4(C)[C@H]3CC[C@]12C. The summed E-state index contributed by atoms with van der Waals surface area (Å²) >= 11 is 0. The zero-order valence-corrected chi connectivity index (χ0v) is 14.9. The van der Waals surface area contributed by atoms with Gasteiger partial charge in [0.1, 0.15) is 6.17 Å². The lowest BCUT2D eigenvalue weighted by Crippen LogP contribution is -2.56. The zero-order valence-electron chi connectivity index (χ0n) is 14.9. The summed E-state index contributed by atoms with van der Waals surface area (Å²) in [4.78, 5) is 0. The molecule has 0 radical (unpaired) electrons. The average Bonchev–Trinajstić information content (AvgIpc) is 2.84. The van der Waals surface area contributed by atoms with Crippen LogP contribution in [0.1, 0.15) is 85.0 Å². The molecule has 0 amide bonds. The summed E-state index contributed by atoms with van der Waals surface area (Å²) in [5.41, 5.74) is 0.861. The van der Waals surface area contributed by atoms with E-state index in [-0.39, 0.29) is 0 Å². The second kappa shape index (κ2) is 5.21. The Kier molecular flexibility index (Phi) is 3.66. The van der Waals surface area contributed by atoms with Crippen LogP contribution in [0.3, 0.4) is 0 Å². The zero-order chi connectivity index (χ0) is 15.5. The minimum atomic E-state index is -0.505. The summed E-state index contributed by atoms with van der Waals surface area (Å²) in [6, 6.07) is 0. The Hall–Kier alpha value is -0.0700. The third-order valence-electron chi connectivity index (χ3n) is 9.23. The molecule has 22 heavy (non-hydrogen) atoms. The first-order valence-electron chi connectivity index (χ1n) is 10.1. The molecule has 0 bridgehead atoms. The molecular formula is C21H35F. The van der Waals surface area contributed by atoms with Crippen LogP contribution in [-0.2, 0) is 0 Å². The average molecular weight is 307 g/mol. The quantitative estimate of drug-likeness (QED) is 0.526. The molecule has 0 aromatic rings. The Morgan fingerprint density at radius 1 is 0.864 bits per heavy atom. The number of hydrogen-bond acceptors (Lipinski definition) is 0. The Balaban J connectivity index is 1.66. The summed E-state index contributed by atoms with van der Waals surface area (Å²) in [6.45, 7) is 7.43. The first-order valence-corrected chi connectivity index (χ1v) is 10.1. The van der Waals surface area contributed by atoms with Gasteiger partial charge in [-0.3, -0.25) is 0 Å². The maximum atomic E-state index is 15.1. The molecule has 0 spiro atoms. The number of hydrogen-bond donors (Lipinski definition) is 0. The number of halogens is 1. The van der Waals surface area contributed by atoms with Crippen molar-refractivity contribution in [2.45, 2.75) is 91.2 Å². The lowest BCUT2D eigenvalue weighted by Gasteiger charge is -2.61. The largest absolute Gasteiger partial charge is 0.247 e. The molecule has 126 valence electrons. The molecule has 0 aliphatic heterocycles. The standard InChI is InChI=1S/C21H35F/c1-4-14-8-9-16-15-13-19(22)18-7-5-6-11-21(18,3)17(15)10-12-20(14,16)2/h14-19H,4-13H2,1-3H3/t14-,15-,16-,17-,18?,19+,20+,21+/m0/s1. The van der Waals surface area contributed by atoms with Gasteiger partial charge in [0.15, 0.2) is 0 Å². The highest BCUT2D eigenvalue weighted by atomic mass is 19.1. The summed E-state index contributed by atoms with van der Waals surface area (Å²) in [5, 5.41) is 0. The highest BCUT2D eigenvalue weighted by Gasteiger charge is 2.61. The highest BCUT2D eigenvalue weighted by molar-refractivity contribution is 5.10. The van der Waals surface area contributed by atoms with Crippen molar-refractivity contribution in [1.82, 2.24) is 0 Å². The van der Waals surface area contributed by atoms with E-state index in [9.17, 15) is 0 Å². The van der Waals surface area contributed by atoms with Crippen LogP contribution in [0.5, 0.6) is 0 Å². The molecule has 4 aliphatic carbocycles. The smallest absolute Gasteiger partial charge is 0.104 e. The van der Waals surface area contributed by atoms with Crippen molar-refractivity contribution in [3.63, 3.8) is 0 Å². The second-order valence-corrected chi connectivity index (χ2v) is 9.71. The van der Waals surface area contributed by atoms with Gasteiger partial charge in [-0.15, -0.1) is 0 Å². The molecule has 4 saturated carbocycles. The molecule has 0 saturated heterocycles. The van der Waals surface area contributed by atoms with Crippen molar-refractivity contribution in [2.24, 2.45) is 40.4 Å². The van der Waals surface area contributed by atoms with E-state index in [1.807, 2.05) is 0 Å². The Morgan fingerprint density at radius 2 is 1.64 bits per heavy atom. The van der Waals surface area contributed by atoms with Gasteiger partial charge in [0, 0.05) is 0 Å². The lowest BCUT2D eigenvalue weighted by atomic mass is 9.44. The molecule has 1 heteroatoms. The number of rotatable bonds is 1. The molecule has 4 aliphatic rings. The van der Waals surface area contributed by atoms with Gasteiger partial charge in [-0.25, -0.2) is 4.39 Å². The molecule has 0 heterocycles. The van der Waals surface area contributed by atoms with Crippen LogP contribution in [-0.4, -0.2) is 6.17 Å². The van der Waals surface area contributed by atoms with Crippen LogP contribution >= 0.6 is 0 Å². The lowest BCUT2D eigenvalue weighted by molar-refractivity contribution is -0.139. The van der Waals surface area contributed by atoms with Crippen LogP contribution in [0.4, 0.5) is 4.39 Å². The van der Waals surface area contributed by atoms with E-state index in [1.54, 1.807) is 0 Å². The van der Waals surface area contributed by atoms with Crippen LogP contribution in [0.2, 0.25) is 0 Å². The Bertz CT molecular complexity index is 432. The van der Waals surface area contributed by atoms with Crippen molar-refractivity contribution < 1.29 is 4.39 Å². The molecule has 8 atom stereocenters. The van der Waals surface area contributed by atoms with Crippen molar-refractivity contribution >= 4 is 0 Å². The van der Waals surface area contributed by atoms with Crippen molar-refractivity contribution in [2.75, 3.05) is 0 Å². The van der Waals surface area contributed by atoms with Crippen LogP contribution in [0.15, 0.2) is 0 Å². The predicted molar refractivity (Wildman–Crippen MR) is 90.4 cm³/mol. The van der Waals surface area contributed by atoms with Crippen molar-refractivity contribution in [3.8, 4) is 0 Å². The highest BCUT2D eigenvalue weighted by Crippen LogP contribution is 2.68. The van der Waals surface area contributed by atoms with Gasteiger partial charge < -0.3 is 0 Å². The minimum absolute atomic E-state index is 0.326. The van der Waals surface area contributed by atoms with E-state index in [4.69, 9.17) is 0 Å². The first kappa shape index (κ1) is 15.5. The second-order valence-electron chi connectivity index (χ2n) is 9.71. The maximum Gasteiger partial charge on any atom is 0.104 e. The van der Waals surface area contributed by atoms with Gasteiger partial charge in [-0.05, 0) is 85.4 Å². The Labute approximate surface area is 136 Å². The van der Waals surface area contributed by atoms with Gasteiger partial charge in [0.25, 0.3) is 0 Å². The van der Waals surface area contributed by atoms with E-state index >= 15 is 4.39 Å². The van der Waals surface area contributed by atoms with Gasteiger partial charge >= 0.3 is 0 Å². The summed E-state index contributed by atoms with van der Waals surface area (Å²) < 4.78 is 15.1. The maximum absolute atomic E-state index is 15.1. The van der Waals surface area contributed by atoms with Gasteiger partial charge in [0.05, 0.1) is 0 Å². The van der Waals surface area contributed by atoms with Crippen molar-refractivity contribution in [3.05, 3.63) is 0 Å². The van der Waals surface area contributed by atoms with E-state index in [0.717, 1.165) is 24.2 Å². The number of fused-ring (bicyclic) bond motifs is 5. The van der Waals surface area contributed by atoms with E-state index < -0.39 is 6.17 Å². The molecule has 0 aromatic heterocycles. The van der Waals surface area contributed by atoms with E-state index in [0.29, 0.717) is 22.7 Å². The summed E-state index contributed by atoms with van der Waals surface area (Å²) in [7, 11) is 0. The van der Waals surface area contributed by atoms with E-state index in [1.165, 1.54) is 57.8 Å².